The Balaban J connectivity index is 2.08. The lowest BCUT2D eigenvalue weighted by atomic mass is 9.96. The van der Waals surface area contributed by atoms with Crippen LogP contribution in [0.15, 0.2) is 0 Å². The lowest BCUT2D eigenvalue weighted by Crippen LogP contribution is -2.28. The molecule has 2 atom stereocenters. The van der Waals surface area contributed by atoms with E-state index in [1.807, 2.05) is 0 Å². The van der Waals surface area contributed by atoms with E-state index in [4.69, 9.17) is 15.2 Å². The molecule has 0 aliphatic carbocycles. The van der Waals surface area contributed by atoms with Crippen molar-refractivity contribution in [3.05, 3.63) is 0 Å². The number of ether oxygens (including phenoxy) is 2. The van der Waals surface area contributed by atoms with E-state index < -0.39 is 0 Å². The normalized spacial score (nSPS) is 23.6. The Bertz CT molecular complexity index is 188. The first-order valence-electron chi connectivity index (χ1n) is 6.46. The third-order valence-electron chi connectivity index (χ3n) is 3.55. The molecule has 0 radical (unpaired) electrons. The minimum Gasteiger partial charge on any atom is -0.379 e. The van der Waals surface area contributed by atoms with E-state index in [0.29, 0.717) is 12.1 Å². The topological polar surface area (TPSA) is 44.5 Å². The zero-order chi connectivity index (χ0) is 12.0. The predicted molar refractivity (Wildman–Crippen MR) is 66.5 cm³/mol. The van der Waals surface area contributed by atoms with Crippen molar-refractivity contribution in [2.24, 2.45) is 5.73 Å². The molecule has 0 aromatic carbocycles. The molecular weight excluding hydrogens is 202 g/mol. The van der Waals surface area contributed by atoms with Gasteiger partial charge in [0.2, 0.25) is 0 Å². The van der Waals surface area contributed by atoms with Crippen molar-refractivity contribution in [3.8, 4) is 0 Å². The minimum atomic E-state index is -0.0402. The second-order valence-corrected chi connectivity index (χ2v) is 5.47. The van der Waals surface area contributed by atoms with Crippen molar-refractivity contribution in [2.45, 2.75) is 70.1 Å². The molecule has 0 aromatic heterocycles. The van der Waals surface area contributed by atoms with Gasteiger partial charge in [-0.3, -0.25) is 0 Å². The predicted octanol–water partition coefficient (Wildman–Crippen LogP) is 2.48. The first-order chi connectivity index (χ1) is 7.53. The Morgan fingerprint density at radius 1 is 1.44 bits per heavy atom. The van der Waals surface area contributed by atoms with Gasteiger partial charge in [-0.25, -0.2) is 0 Å². The third-order valence-corrected chi connectivity index (χ3v) is 3.55. The van der Waals surface area contributed by atoms with Gasteiger partial charge in [0.25, 0.3) is 0 Å². The molecule has 3 heteroatoms. The van der Waals surface area contributed by atoms with Crippen molar-refractivity contribution < 1.29 is 9.47 Å². The molecule has 2 N–H and O–H groups in total. The SMILES string of the molecule is COC(C)(C)CCC(N)CCC1CCCO1. The van der Waals surface area contributed by atoms with Gasteiger partial charge >= 0.3 is 0 Å². The zero-order valence-corrected chi connectivity index (χ0v) is 11.0. The smallest absolute Gasteiger partial charge is 0.0623 e. The maximum Gasteiger partial charge on any atom is 0.0623 e. The van der Waals surface area contributed by atoms with E-state index in [-0.39, 0.29) is 5.60 Å². The van der Waals surface area contributed by atoms with E-state index >= 15 is 0 Å². The van der Waals surface area contributed by atoms with Gasteiger partial charge in [-0.05, 0) is 52.4 Å². The molecule has 1 saturated heterocycles. The summed E-state index contributed by atoms with van der Waals surface area (Å²) < 4.78 is 11.0. The van der Waals surface area contributed by atoms with Crippen molar-refractivity contribution in [3.63, 3.8) is 0 Å². The highest BCUT2D eigenvalue weighted by Crippen LogP contribution is 2.20. The molecule has 1 aliphatic heterocycles. The summed E-state index contributed by atoms with van der Waals surface area (Å²) in [7, 11) is 1.76. The van der Waals surface area contributed by atoms with Crippen LogP contribution in [0.25, 0.3) is 0 Å². The Kier molecular flexibility index (Phi) is 5.73. The van der Waals surface area contributed by atoms with Crippen LogP contribution in [0.5, 0.6) is 0 Å². The number of hydrogen-bond donors (Lipinski definition) is 1. The Morgan fingerprint density at radius 3 is 2.75 bits per heavy atom. The van der Waals surface area contributed by atoms with Gasteiger partial charge in [0.1, 0.15) is 0 Å². The fourth-order valence-electron chi connectivity index (χ4n) is 2.05. The fourth-order valence-corrected chi connectivity index (χ4v) is 2.05. The lowest BCUT2D eigenvalue weighted by Gasteiger charge is -2.24. The number of rotatable bonds is 7. The molecule has 0 aromatic rings. The summed E-state index contributed by atoms with van der Waals surface area (Å²) in [6.45, 7) is 5.16. The second-order valence-electron chi connectivity index (χ2n) is 5.47. The van der Waals surface area contributed by atoms with Crippen LogP contribution in [0.4, 0.5) is 0 Å². The standard InChI is InChI=1S/C13H27NO2/c1-13(2,15-3)9-8-11(14)6-7-12-5-4-10-16-12/h11-12H,4-10,14H2,1-3H3. The molecule has 3 nitrogen and oxygen atoms in total. The van der Waals surface area contributed by atoms with E-state index in [1.165, 1.54) is 12.8 Å². The number of nitrogens with two attached hydrogens (primary N) is 1. The average Bonchev–Trinajstić information content (AvgIpc) is 2.76. The number of methoxy groups -OCH3 is 1. The Hall–Kier alpha value is -0.120. The quantitative estimate of drug-likeness (QED) is 0.729. The van der Waals surface area contributed by atoms with Gasteiger partial charge < -0.3 is 15.2 Å². The van der Waals surface area contributed by atoms with E-state index in [9.17, 15) is 0 Å². The van der Waals surface area contributed by atoms with E-state index in [0.717, 1.165) is 32.3 Å². The lowest BCUT2D eigenvalue weighted by molar-refractivity contribution is 0.0120. The molecule has 2 unspecified atom stereocenters. The average molecular weight is 229 g/mol. The number of hydrogen-bond acceptors (Lipinski definition) is 3. The summed E-state index contributed by atoms with van der Waals surface area (Å²) in [5.41, 5.74) is 6.06. The van der Waals surface area contributed by atoms with Gasteiger partial charge in [-0.15, -0.1) is 0 Å². The van der Waals surface area contributed by atoms with Crippen LogP contribution < -0.4 is 5.73 Å². The van der Waals surface area contributed by atoms with Crippen LogP contribution in [-0.2, 0) is 9.47 Å². The largest absolute Gasteiger partial charge is 0.379 e. The van der Waals surface area contributed by atoms with Crippen molar-refractivity contribution >= 4 is 0 Å². The first-order valence-corrected chi connectivity index (χ1v) is 6.46. The zero-order valence-electron chi connectivity index (χ0n) is 11.0. The van der Waals surface area contributed by atoms with E-state index in [1.54, 1.807) is 7.11 Å². The van der Waals surface area contributed by atoms with Gasteiger partial charge in [-0.2, -0.15) is 0 Å². The monoisotopic (exact) mass is 229 g/mol. The van der Waals surface area contributed by atoms with Gasteiger partial charge in [0.05, 0.1) is 11.7 Å². The minimum absolute atomic E-state index is 0.0402. The van der Waals surface area contributed by atoms with Crippen LogP contribution in [0.1, 0.15) is 52.4 Å². The maximum atomic E-state index is 6.10. The maximum absolute atomic E-state index is 6.10. The second kappa shape index (κ2) is 6.58. The van der Waals surface area contributed by atoms with Crippen molar-refractivity contribution in [1.82, 2.24) is 0 Å². The van der Waals surface area contributed by atoms with Gasteiger partial charge in [0, 0.05) is 19.8 Å². The molecule has 1 rings (SSSR count). The molecule has 0 bridgehead atoms. The molecule has 0 amide bonds. The molecule has 0 spiro atoms. The first kappa shape index (κ1) is 13.9. The molecule has 1 heterocycles. The summed E-state index contributed by atoms with van der Waals surface area (Å²) in [5, 5.41) is 0. The van der Waals surface area contributed by atoms with Gasteiger partial charge in [-0.1, -0.05) is 0 Å². The molecule has 16 heavy (non-hydrogen) atoms. The highest BCUT2D eigenvalue weighted by molar-refractivity contribution is 4.74. The Labute approximate surface area is 99.7 Å². The Morgan fingerprint density at radius 2 is 2.19 bits per heavy atom. The summed E-state index contributed by atoms with van der Waals surface area (Å²) in [5.74, 6) is 0. The molecular formula is C13H27NO2. The van der Waals surface area contributed by atoms with Crippen LogP contribution in [0.3, 0.4) is 0 Å². The summed E-state index contributed by atoms with van der Waals surface area (Å²) in [6.07, 6.45) is 7.16. The van der Waals surface area contributed by atoms with Crippen LogP contribution >= 0.6 is 0 Å². The summed E-state index contributed by atoms with van der Waals surface area (Å²) in [6, 6.07) is 0.290. The molecule has 1 aliphatic rings. The van der Waals surface area contributed by atoms with Crippen LogP contribution in [0.2, 0.25) is 0 Å². The third kappa shape index (κ3) is 5.28. The highest BCUT2D eigenvalue weighted by Gasteiger charge is 2.19. The fraction of sp³-hybridized carbons (Fsp3) is 1.00. The van der Waals surface area contributed by atoms with Crippen molar-refractivity contribution in [2.75, 3.05) is 13.7 Å². The van der Waals surface area contributed by atoms with Crippen molar-refractivity contribution in [1.29, 1.82) is 0 Å². The van der Waals surface area contributed by atoms with Gasteiger partial charge in [0.15, 0.2) is 0 Å². The summed E-state index contributed by atoms with van der Waals surface area (Å²) >= 11 is 0. The van der Waals surface area contributed by atoms with Crippen LogP contribution in [-0.4, -0.2) is 31.5 Å². The molecule has 96 valence electrons. The van der Waals surface area contributed by atoms with E-state index in [2.05, 4.69) is 13.8 Å². The van der Waals surface area contributed by atoms with Crippen LogP contribution in [0, 0.1) is 0 Å². The summed E-state index contributed by atoms with van der Waals surface area (Å²) in [4.78, 5) is 0. The molecule has 1 fully saturated rings. The molecule has 0 saturated carbocycles. The highest BCUT2D eigenvalue weighted by atomic mass is 16.5.